The highest BCUT2D eigenvalue weighted by Gasteiger charge is 2.17. The first-order valence-electron chi connectivity index (χ1n) is 6.03. The van der Waals surface area contributed by atoms with E-state index in [0.29, 0.717) is 11.9 Å². The molecule has 1 unspecified atom stereocenters. The summed E-state index contributed by atoms with van der Waals surface area (Å²) >= 11 is 0. The van der Waals surface area contributed by atoms with E-state index in [0.717, 1.165) is 24.4 Å². The lowest BCUT2D eigenvalue weighted by Gasteiger charge is -2.04. The van der Waals surface area contributed by atoms with E-state index in [1.165, 1.54) is 12.8 Å². The monoisotopic (exact) mass is 229 g/mol. The van der Waals surface area contributed by atoms with Gasteiger partial charge in [-0.05, 0) is 31.5 Å². The maximum atomic E-state index is 5.27. The number of benzene rings is 1. The first kappa shape index (κ1) is 10.5. The topological polar surface area (TPSA) is 51.0 Å². The van der Waals surface area contributed by atoms with Crippen LogP contribution in [0.2, 0.25) is 0 Å². The van der Waals surface area contributed by atoms with Crippen molar-refractivity contribution in [1.82, 2.24) is 15.5 Å². The molecule has 1 saturated heterocycles. The summed E-state index contributed by atoms with van der Waals surface area (Å²) in [4.78, 5) is 4.43. The number of nitrogens with zero attached hydrogens (tertiary/aromatic N) is 2. The number of hydrogen-bond acceptors (Lipinski definition) is 4. The highest BCUT2D eigenvalue weighted by molar-refractivity contribution is 5.51. The van der Waals surface area contributed by atoms with Gasteiger partial charge in [-0.2, -0.15) is 4.98 Å². The predicted molar refractivity (Wildman–Crippen MR) is 64.5 cm³/mol. The maximum Gasteiger partial charge on any atom is 0.257 e. The molecule has 0 aliphatic carbocycles. The Morgan fingerprint density at radius 2 is 2.18 bits per heavy atom. The smallest absolute Gasteiger partial charge is 0.257 e. The van der Waals surface area contributed by atoms with Gasteiger partial charge < -0.3 is 9.84 Å². The van der Waals surface area contributed by atoms with Crippen molar-refractivity contribution in [2.24, 2.45) is 0 Å². The van der Waals surface area contributed by atoms with E-state index >= 15 is 0 Å². The second kappa shape index (κ2) is 4.67. The number of aromatic nitrogens is 2. The molecule has 1 aliphatic rings. The van der Waals surface area contributed by atoms with Gasteiger partial charge in [0.1, 0.15) is 0 Å². The van der Waals surface area contributed by atoms with Crippen LogP contribution in [0.4, 0.5) is 0 Å². The van der Waals surface area contributed by atoms with Crippen molar-refractivity contribution in [3.05, 3.63) is 36.2 Å². The number of nitrogens with one attached hydrogen (secondary N) is 1. The maximum absolute atomic E-state index is 5.27. The van der Waals surface area contributed by atoms with Crippen LogP contribution in [0.25, 0.3) is 11.5 Å². The summed E-state index contributed by atoms with van der Waals surface area (Å²) in [5, 5.41) is 7.46. The Balaban J connectivity index is 1.74. The van der Waals surface area contributed by atoms with E-state index in [-0.39, 0.29) is 0 Å². The third-order valence-electron chi connectivity index (χ3n) is 3.08. The van der Waals surface area contributed by atoms with Crippen molar-refractivity contribution in [1.29, 1.82) is 0 Å². The van der Waals surface area contributed by atoms with Gasteiger partial charge in [-0.1, -0.05) is 23.4 Å². The highest BCUT2D eigenvalue weighted by Crippen LogP contribution is 2.17. The van der Waals surface area contributed by atoms with Crippen LogP contribution >= 0.6 is 0 Å². The fraction of sp³-hybridized carbons (Fsp3) is 0.385. The fourth-order valence-electron chi connectivity index (χ4n) is 2.19. The van der Waals surface area contributed by atoms with Crippen LogP contribution in [-0.2, 0) is 6.42 Å². The van der Waals surface area contributed by atoms with Gasteiger partial charge in [-0.3, -0.25) is 0 Å². The zero-order chi connectivity index (χ0) is 11.5. The van der Waals surface area contributed by atoms with E-state index in [1.54, 1.807) is 0 Å². The molecular formula is C13H15N3O. The van der Waals surface area contributed by atoms with Crippen LogP contribution in [0.3, 0.4) is 0 Å². The molecule has 1 aromatic carbocycles. The largest absolute Gasteiger partial charge is 0.334 e. The number of rotatable bonds is 3. The van der Waals surface area contributed by atoms with Crippen LogP contribution in [0.1, 0.15) is 18.7 Å². The molecule has 17 heavy (non-hydrogen) atoms. The molecule has 0 bridgehead atoms. The minimum atomic E-state index is 0.510. The summed E-state index contributed by atoms with van der Waals surface area (Å²) in [5.74, 6) is 1.40. The second-order valence-electron chi connectivity index (χ2n) is 4.38. The Labute approximate surface area is 100 Å². The van der Waals surface area contributed by atoms with Gasteiger partial charge in [-0.15, -0.1) is 0 Å². The third-order valence-corrected chi connectivity index (χ3v) is 3.08. The quantitative estimate of drug-likeness (QED) is 0.875. The molecule has 4 nitrogen and oxygen atoms in total. The molecule has 0 saturated carbocycles. The number of hydrogen-bond donors (Lipinski definition) is 1. The molecule has 3 rings (SSSR count). The van der Waals surface area contributed by atoms with E-state index < -0.39 is 0 Å². The average molecular weight is 229 g/mol. The summed E-state index contributed by atoms with van der Waals surface area (Å²) in [6.07, 6.45) is 3.31. The minimum Gasteiger partial charge on any atom is -0.334 e. The molecular weight excluding hydrogens is 214 g/mol. The van der Waals surface area contributed by atoms with Crippen molar-refractivity contribution >= 4 is 0 Å². The van der Waals surface area contributed by atoms with Crippen molar-refractivity contribution in [3.8, 4) is 11.5 Å². The molecule has 88 valence electrons. The molecule has 2 aromatic rings. The SMILES string of the molecule is c1ccc(-c2nc(CC3CCCN3)no2)cc1. The fourth-order valence-corrected chi connectivity index (χ4v) is 2.19. The molecule has 0 radical (unpaired) electrons. The van der Waals surface area contributed by atoms with Gasteiger partial charge in [0.15, 0.2) is 5.82 Å². The lowest BCUT2D eigenvalue weighted by molar-refractivity contribution is 0.418. The first-order chi connectivity index (χ1) is 8.42. The van der Waals surface area contributed by atoms with E-state index in [9.17, 15) is 0 Å². The molecule has 4 heteroatoms. The van der Waals surface area contributed by atoms with Crippen LogP contribution in [0, 0.1) is 0 Å². The van der Waals surface area contributed by atoms with Gasteiger partial charge in [0.25, 0.3) is 5.89 Å². The van der Waals surface area contributed by atoms with Crippen LogP contribution in [-0.4, -0.2) is 22.7 Å². The predicted octanol–water partition coefficient (Wildman–Crippen LogP) is 2.03. The summed E-state index contributed by atoms with van der Waals surface area (Å²) in [6.45, 7) is 1.11. The van der Waals surface area contributed by atoms with E-state index in [4.69, 9.17) is 4.52 Å². The Morgan fingerprint density at radius 1 is 1.29 bits per heavy atom. The van der Waals surface area contributed by atoms with Gasteiger partial charge in [0, 0.05) is 18.0 Å². The average Bonchev–Trinajstić information content (AvgIpc) is 3.02. The van der Waals surface area contributed by atoms with E-state index in [2.05, 4.69) is 15.5 Å². The lowest BCUT2D eigenvalue weighted by Crippen LogP contribution is -2.24. The standard InChI is InChI=1S/C13H15N3O/c1-2-5-10(6-3-1)13-15-12(16-17-13)9-11-7-4-8-14-11/h1-3,5-6,11,14H,4,7-9H2. The van der Waals surface area contributed by atoms with Gasteiger partial charge in [0.2, 0.25) is 0 Å². The molecule has 2 heterocycles. The van der Waals surface area contributed by atoms with Crippen molar-refractivity contribution in [2.45, 2.75) is 25.3 Å². The summed E-state index contributed by atoms with van der Waals surface area (Å²) < 4.78 is 5.27. The zero-order valence-electron chi connectivity index (χ0n) is 9.60. The summed E-state index contributed by atoms with van der Waals surface area (Å²) in [5.41, 5.74) is 0.977. The van der Waals surface area contributed by atoms with Gasteiger partial charge in [0.05, 0.1) is 0 Å². The first-order valence-corrected chi connectivity index (χ1v) is 6.03. The third kappa shape index (κ3) is 2.36. The van der Waals surface area contributed by atoms with Crippen molar-refractivity contribution in [2.75, 3.05) is 6.54 Å². The molecule has 0 spiro atoms. The highest BCUT2D eigenvalue weighted by atomic mass is 16.5. The Kier molecular flexibility index (Phi) is 2.88. The molecule has 1 aliphatic heterocycles. The summed E-state index contributed by atoms with van der Waals surface area (Å²) in [6, 6.07) is 10.4. The van der Waals surface area contributed by atoms with Crippen molar-refractivity contribution < 1.29 is 4.52 Å². The van der Waals surface area contributed by atoms with Crippen LogP contribution < -0.4 is 5.32 Å². The Bertz CT molecular complexity index is 474. The second-order valence-corrected chi connectivity index (χ2v) is 4.38. The lowest BCUT2D eigenvalue weighted by atomic mass is 10.1. The zero-order valence-corrected chi connectivity index (χ0v) is 9.60. The van der Waals surface area contributed by atoms with Crippen LogP contribution in [0.5, 0.6) is 0 Å². The van der Waals surface area contributed by atoms with E-state index in [1.807, 2.05) is 30.3 Å². The molecule has 1 fully saturated rings. The summed E-state index contributed by atoms with van der Waals surface area (Å²) in [7, 11) is 0. The van der Waals surface area contributed by atoms with Crippen LogP contribution in [0.15, 0.2) is 34.9 Å². The molecule has 0 amide bonds. The minimum absolute atomic E-state index is 0.510. The molecule has 1 atom stereocenters. The van der Waals surface area contributed by atoms with Crippen molar-refractivity contribution in [3.63, 3.8) is 0 Å². The van der Waals surface area contributed by atoms with Gasteiger partial charge >= 0.3 is 0 Å². The molecule has 1 N–H and O–H groups in total. The molecule has 1 aromatic heterocycles. The Morgan fingerprint density at radius 3 is 2.94 bits per heavy atom. The normalized spacial score (nSPS) is 19.6. The van der Waals surface area contributed by atoms with Gasteiger partial charge in [-0.25, -0.2) is 0 Å². The Hall–Kier alpha value is -1.68.